The van der Waals surface area contributed by atoms with Gasteiger partial charge in [-0.3, -0.25) is 0 Å². The second-order valence-corrected chi connectivity index (χ2v) is 5.11. The Morgan fingerprint density at radius 2 is 1.79 bits per heavy atom. The van der Waals surface area contributed by atoms with E-state index >= 15 is 0 Å². The predicted molar refractivity (Wildman–Crippen MR) is 83.2 cm³/mol. The Kier molecular flexibility index (Phi) is 2.75. The van der Waals surface area contributed by atoms with E-state index < -0.39 is 0 Å². The number of hydrogen-bond donors (Lipinski definition) is 1. The number of H-pyrrole nitrogens is 1. The van der Waals surface area contributed by atoms with Crippen molar-refractivity contribution in [2.45, 2.75) is 13.8 Å². The van der Waals surface area contributed by atoms with Gasteiger partial charge in [0.15, 0.2) is 0 Å². The van der Waals surface area contributed by atoms with Crippen LogP contribution in [0.15, 0.2) is 55.2 Å². The van der Waals surface area contributed by atoms with Crippen molar-refractivity contribution >= 4 is 16.5 Å². The third kappa shape index (κ3) is 2.08. The molecule has 0 aliphatic heterocycles. The molecule has 1 heteroatoms. The van der Waals surface area contributed by atoms with E-state index in [0.717, 1.165) is 5.57 Å². The molecule has 3 aromatic rings. The second kappa shape index (κ2) is 4.43. The summed E-state index contributed by atoms with van der Waals surface area (Å²) in [5.74, 6) is 0. The first-order chi connectivity index (χ1) is 9.15. The Hall–Kier alpha value is -2.28. The standard InChI is InChI=1S/C18H17N/c1-12(2)14-5-7-15(8-6-14)17-11-19-18-9-4-13(3)10-16(17)18/h4-11,19H,1H2,2-3H3. The van der Waals surface area contributed by atoms with Crippen LogP contribution in [0.3, 0.4) is 0 Å². The second-order valence-electron chi connectivity index (χ2n) is 5.11. The van der Waals surface area contributed by atoms with Crippen molar-refractivity contribution in [2.75, 3.05) is 0 Å². The van der Waals surface area contributed by atoms with Crippen molar-refractivity contribution < 1.29 is 0 Å². The smallest absolute Gasteiger partial charge is 0.0460 e. The van der Waals surface area contributed by atoms with Gasteiger partial charge in [-0.2, -0.15) is 0 Å². The van der Waals surface area contributed by atoms with Gasteiger partial charge in [0.2, 0.25) is 0 Å². The molecule has 0 fully saturated rings. The van der Waals surface area contributed by atoms with Crippen LogP contribution in [0.25, 0.3) is 27.6 Å². The number of aryl methyl sites for hydroxylation is 1. The van der Waals surface area contributed by atoms with Crippen LogP contribution in [-0.2, 0) is 0 Å². The van der Waals surface area contributed by atoms with Crippen molar-refractivity contribution in [1.29, 1.82) is 0 Å². The number of rotatable bonds is 2. The molecule has 0 unspecified atom stereocenters. The molecule has 1 N–H and O–H groups in total. The molecule has 1 heterocycles. The fourth-order valence-corrected chi connectivity index (χ4v) is 2.41. The molecule has 3 rings (SSSR count). The Morgan fingerprint density at radius 3 is 2.47 bits per heavy atom. The van der Waals surface area contributed by atoms with Crippen LogP contribution < -0.4 is 0 Å². The van der Waals surface area contributed by atoms with E-state index in [-0.39, 0.29) is 0 Å². The quantitative estimate of drug-likeness (QED) is 0.642. The maximum absolute atomic E-state index is 3.97. The van der Waals surface area contributed by atoms with E-state index in [0.29, 0.717) is 0 Å². The molecule has 0 radical (unpaired) electrons. The number of hydrogen-bond acceptors (Lipinski definition) is 0. The molecule has 0 spiro atoms. The van der Waals surface area contributed by atoms with Gasteiger partial charge in [-0.1, -0.05) is 48.0 Å². The van der Waals surface area contributed by atoms with Gasteiger partial charge in [-0.15, -0.1) is 0 Å². The molecule has 19 heavy (non-hydrogen) atoms. The zero-order valence-electron chi connectivity index (χ0n) is 11.3. The Labute approximate surface area is 113 Å². The lowest BCUT2D eigenvalue weighted by atomic mass is 10.0. The lowest BCUT2D eigenvalue weighted by molar-refractivity contribution is 1.45. The molecule has 94 valence electrons. The number of allylic oxidation sites excluding steroid dienone is 1. The van der Waals surface area contributed by atoms with Crippen LogP contribution in [0, 0.1) is 6.92 Å². The highest BCUT2D eigenvalue weighted by atomic mass is 14.7. The van der Waals surface area contributed by atoms with Gasteiger partial charge >= 0.3 is 0 Å². The van der Waals surface area contributed by atoms with E-state index in [4.69, 9.17) is 0 Å². The van der Waals surface area contributed by atoms with Crippen molar-refractivity contribution in [1.82, 2.24) is 4.98 Å². The average Bonchev–Trinajstić information content (AvgIpc) is 2.81. The first kappa shape index (κ1) is 11.8. The van der Waals surface area contributed by atoms with Gasteiger partial charge in [0.05, 0.1) is 0 Å². The average molecular weight is 247 g/mol. The molecule has 0 aliphatic carbocycles. The minimum absolute atomic E-state index is 1.10. The van der Waals surface area contributed by atoms with E-state index in [1.807, 2.05) is 6.92 Å². The largest absolute Gasteiger partial charge is 0.361 e. The summed E-state index contributed by atoms with van der Waals surface area (Å²) >= 11 is 0. The van der Waals surface area contributed by atoms with Crippen molar-refractivity contribution in [3.05, 3.63) is 66.4 Å². The topological polar surface area (TPSA) is 15.8 Å². The summed E-state index contributed by atoms with van der Waals surface area (Å²) < 4.78 is 0. The highest BCUT2D eigenvalue weighted by Gasteiger charge is 2.06. The Balaban J connectivity index is 2.13. The number of nitrogens with one attached hydrogen (secondary N) is 1. The summed E-state index contributed by atoms with van der Waals surface area (Å²) in [6.07, 6.45) is 2.08. The molecule has 2 aromatic carbocycles. The van der Waals surface area contributed by atoms with Crippen molar-refractivity contribution in [2.24, 2.45) is 0 Å². The van der Waals surface area contributed by atoms with Gasteiger partial charge in [0, 0.05) is 22.7 Å². The van der Waals surface area contributed by atoms with Gasteiger partial charge in [0.1, 0.15) is 0 Å². The van der Waals surface area contributed by atoms with Crippen LogP contribution in [-0.4, -0.2) is 4.98 Å². The number of fused-ring (bicyclic) bond motifs is 1. The van der Waals surface area contributed by atoms with Crippen LogP contribution in [0.2, 0.25) is 0 Å². The lowest BCUT2D eigenvalue weighted by Crippen LogP contribution is -1.80. The number of aromatic amines is 1. The minimum Gasteiger partial charge on any atom is -0.361 e. The first-order valence-electron chi connectivity index (χ1n) is 6.49. The fourth-order valence-electron chi connectivity index (χ4n) is 2.41. The SMILES string of the molecule is C=C(C)c1ccc(-c2c[nH]c3ccc(C)cc23)cc1. The lowest BCUT2D eigenvalue weighted by Gasteiger charge is -2.03. The summed E-state index contributed by atoms with van der Waals surface area (Å²) in [5, 5.41) is 1.28. The summed E-state index contributed by atoms with van der Waals surface area (Å²) in [6.45, 7) is 8.13. The third-order valence-corrected chi connectivity index (χ3v) is 3.53. The number of aromatic nitrogens is 1. The van der Waals surface area contributed by atoms with Crippen LogP contribution in [0.5, 0.6) is 0 Å². The first-order valence-corrected chi connectivity index (χ1v) is 6.49. The van der Waals surface area contributed by atoms with Gasteiger partial charge in [-0.25, -0.2) is 0 Å². The van der Waals surface area contributed by atoms with Gasteiger partial charge < -0.3 is 4.98 Å². The molecule has 0 atom stereocenters. The zero-order chi connectivity index (χ0) is 13.4. The molecule has 0 saturated heterocycles. The highest BCUT2D eigenvalue weighted by Crippen LogP contribution is 2.30. The molecular formula is C18H17N. The van der Waals surface area contributed by atoms with E-state index in [1.54, 1.807) is 0 Å². The van der Waals surface area contributed by atoms with E-state index in [1.165, 1.54) is 33.2 Å². The summed E-state index contributed by atoms with van der Waals surface area (Å²) in [7, 11) is 0. The molecular weight excluding hydrogens is 230 g/mol. The zero-order valence-corrected chi connectivity index (χ0v) is 11.3. The van der Waals surface area contributed by atoms with E-state index in [2.05, 4.69) is 67.1 Å². The molecule has 1 nitrogen and oxygen atoms in total. The van der Waals surface area contributed by atoms with Crippen LogP contribution in [0.4, 0.5) is 0 Å². The summed E-state index contributed by atoms with van der Waals surface area (Å²) in [5.41, 5.74) is 7.26. The van der Waals surface area contributed by atoms with E-state index in [9.17, 15) is 0 Å². The van der Waals surface area contributed by atoms with Crippen molar-refractivity contribution in [3.63, 3.8) is 0 Å². The molecule has 0 bridgehead atoms. The highest BCUT2D eigenvalue weighted by molar-refractivity contribution is 5.96. The van der Waals surface area contributed by atoms with Crippen LogP contribution >= 0.6 is 0 Å². The summed E-state index contributed by atoms with van der Waals surface area (Å²) in [6, 6.07) is 15.1. The molecule has 0 saturated carbocycles. The normalized spacial score (nSPS) is 10.8. The fraction of sp³-hybridized carbons (Fsp3) is 0.111. The van der Waals surface area contributed by atoms with Crippen LogP contribution in [0.1, 0.15) is 18.1 Å². The van der Waals surface area contributed by atoms with Gasteiger partial charge in [0.25, 0.3) is 0 Å². The third-order valence-electron chi connectivity index (χ3n) is 3.53. The van der Waals surface area contributed by atoms with Gasteiger partial charge in [-0.05, 0) is 37.1 Å². The molecule has 0 amide bonds. The van der Waals surface area contributed by atoms with Crippen molar-refractivity contribution in [3.8, 4) is 11.1 Å². The minimum atomic E-state index is 1.10. The Bertz CT molecular complexity index is 745. The monoisotopic (exact) mass is 247 g/mol. The number of benzene rings is 2. The predicted octanol–water partition coefficient (Wildman–Crippen LogP) is 5.18. The Morgan fingerprint density at radius 1 is 1.05 bits per heavy atom. The summed E-state index contributed by atoms with van der Waals surface area (Å²) in [4.78, 5) is 3.33. The molecule has 1 aromatic heterocycles. The maximum Gasteiger partial charge on any atom is 0.0460 e. The molecule has 0 aliphatic rings. The maximum atomic E-state index is 3.97.